The van der Waals surface area contributed by atoms with E-state index in [4.69, 9.17) is 14.6 Å². The minimum Gasteiger partial charge on any atom is -0.486 e. The van der Waals surface area contributed by atoms with E-state index >= 15 is 0 Å². The lowest BCUT2D eigenvalue weighted by atomic mass is 9.99. The molecule has 6 nitrogen and oxygen atoms in total. The molecule has 1 aliphatic heterocycles. The average Bonchev–Trinajstić information content (AvgIpc) is 2.50. The van der Waals surface area contributed by atoms with Crippen molar-refractivity contribution in [2.45, 2.75) is 18.6 Å². The van der Waals surface area contributed by atoms with Gasteiger partial charge in [0.05, 0.1) is 12.5 Å². The maximum atomic E-state index is 10.9. The van der Waals surface area contributed by atoms with Gasteiger partial charge in [0.1, 0.15) is 13.2 Å². The Morgan fingerprint density at radius 1 is 1.38 bits per heavy atom. The molecule has 2 unspecified atom stereocenters. The number of nitrogens with one attached hydrogen (secondary N) is 1. The fourth-order valence-electron chi connectivity index (χ4n) is 2.19. The number of ether oxygens (including phenoxy) is 2. The number of aliphatic carboxylic acids is 1. The highest BCUT2D eigenvalue weighted by Gasteiger charge is 2.24. The number of aliphatic hydroxyl groups excluding tert-OH is 1. The van der Waals surface area contributed by atoms with Crippen LogP contribution in [-0.2, 0) is 4.79 Å². The van der Waals surface area contributed by atoms with Crippen molar-refractivity contribution in [2.24, 2.45) is 0 Å². The second kappa shape index (κ2) is 7.10. The predicted molar refractivity (Wildman–Crippen MR) is 76.6 cm³/mol. The molecule has 21 heavy (non-hydrogen) atoms. The molecule has 0 amide bonds. The zero-order valence-corrected chi connectivity index (χ0v) is 11.6. The highest BCUT2D eigenvalue weighted by atomic mass is 16.6. The van der Waals surface area contributed by atoms with Crippen LogP contribution in [0.5, 0.6) is 11.5 Å². The van der Waals surface area contributed by atoms with Crippen molar-refractivity contribution in [3.05, 3.63) is 36.4 Å². The van der Waals surface area contributed by atoms with Gasteiger partial charge in [0, 0.05) is 12.6 Å². The molecule has 1 aromatic rings. The standard InChI is InChI=1S/C15H19NO5/c1-2-5-16-11(9-14(17)18)15(19)10-3-4-12-13(8-10)21-7-6-20-12/h2-4,8,11,15-16,19H,1,5-7,9H2,(H,17,18). The summed E-state index contributed by atoms with van der Waals surface area (Å²) in [6, 6.07) is 4.51. The van der Waals surface area contributed by atoms with E-state index in [-0.39, 0.29) is 6.42 Å². The Kier molecular flexibility index (Phi) is 5.19. The summed E-state index contributed by atoms with van der Waals surface area (Å²) in [5.41, 5.74) is 0.585. The van der Waals surface area contributed by atoms with Gasteiger partial charge in [0.15, 0.2) is 11.5 Å². The number of fused-ring (bicyclic) bond motifs is 1. The Balaban J connectivity index is 2.16. The SMILES string of the molecule is C=CCNC(CC(=O)O)C(O)c1ccc2c(c1)OCCO2. The number of hydrogen-bond acceptors (Lipinski definition) is 5. The minimum absolute atomic E-state index is 0.191. The molecular weight excluding hydrogens is 274 g/mol. The Hall–Kier alpha value is -2.05. The zero-order valence-electron chi connectivity index (χ0n) is 11.6. The topological polar surface area (TPSA) is 88.0 Å². The largest absolute Gasteiger partial charge is 0.486 e. The maximum absolute atomic E-state index is 10.9. The van der Waals surface area contributed by atoms with E-state index in [1.807, 2.05) is 0 Å². The van der Waals surface area contributed by atoms with Crippen LogP contribution in [-0.4, -0.2) is 42.0 Å². The molecule has 0 aromatic heterocycles. The molecule has 6 heteroatoms. The summed E-state index contributed by atoms with van der Waals surface area (Å²) < 4.78 is 10.9. The van der Waals surface area contributed by atoms with Gasteiger partial charge < -0.3 is 25.0 Å². The molecule has 0 bridgehead atoms. The highest BCUT2D eigenvalue weighted by molar-refractivity contribution is 5.67. The van der Waals surface area contributed by atoms with Crippen molar-refractivity contribution in [2.75, 3.05) is 19.8 Å². The first kappa shape index (κ1) is 15.3. The van der Waals surface area contributed by atoms with Crippen molar-refractivity contribution >= 4 is 5.97 Å². The molecule has 2 rings (SSSR count). The first-order valence-electron chi connectivity index (χ1n) is 6.75. The van der Waals surface area contributed by atoms with Crippen molar-refractivity contribution in [1.29, 1.82) is 0 Å². The molecule has 0 saturated heterocycles. The monoisotopic (exact) mass is 293 g/mol. The van der Waals surface area contributed by atoms with E-state index in [0.29, 0.717) is 36.8 Å². The molecule has 2 atom stereocenters. The van der Waals surface area contributed by atoms with Crippen molar-refractivity contribution in [1.82, 2.24) is 5.32 Å². The van der Waals surface area contributed by atoms with E-state index in [0.717, 1.165) is 0 Å². The van der Waals surface area contributed by atoms with Gasteiger partial charge in [-0.05, 0) is 17.7 Å². The molecule has 1 aliphatic rings. The third-order valence-corrected chi connectivity index (χ3v) is 3.21. The molecule has 0 saturated carbocycles. The van der Waals surface area contributed by atoms with Gasteiger partial charge in [-0.2, -0.15) is 0 Å². The third kappa shape index (κ3) is 3.96. The van der Waals surface area contributed by atoms with Crippen molar-refractivity contribution in [3.63, 3.8) is 0 Å². The molecule has 1 heterocycles. The Morgan fingerprint density at radius 3 is 2.76 bits per heavy atom. The maximum Gasteiger partial charge on any atom is 0.305 e. The van der Waals surface area contributed by atoms with Crippen LogP contribution in [0.15, 0.2) is 30.9 Å². The summed E-state index contributed by atoms with van der Waals surface area (Å²) in [4.78, 5) is 10.9. The summed E-state index contributed by atoms with van der Waals surface area (Å²) in [7, 11) is 0. The number of carboxylic acid groups (broad SMARTS) is 1. The van der Waals surface area contributed by atoms with Crippen molar-refractivity contribution in [3.8, 4) is 11.5 Å². The molecule has 3 N–H and O–H groups in total. The molecule has 0 spiro atoms. The fourth-order valence-corrected chi connectivity index (χ4v) is 2.19. The fraction of sp³-hybridized carbons (Fsp3) is 0.400. The summed E-state index contributed by atoms with van der Waals surface area (Å²) in [6.45, 7) is 4.95. The molecular formula is C15H19NO5. The van der Waals surface area contributed by atoms with Gasteiger partial charge in [0.25, 0.3) is 0 Å². The minimum atomic E-state index is -0.979. The molecule has 0 radical (unpaired) electrons. The smallest absolute Gasteiger partial charge is 0.305 e. The Bertz CT molecular complexity index is 517. The number of carboxylic acids is 1. The zero-order chi connectivity index (χ0) is 15.2. The normalized spacial score (nSPS) is 16.0. The Morgan fingerprint density at radius 2 is 2.10 bits per heavy atom. The second-order valence-electron chi connectivity index (χ2n) is 4.75. The van der Waals surface area contributed by atoms with Crippen LogP contribution in [0.2, 0.25) is 0 Å². The quantitative estimate of drug-likeness (QED) is 0.653. The molecule has 0 aliphatic carbocycles. The van der Waals surface area contributed by atoms with Gasteiger partial charge in [-0.25, -0.2) is 0 Å². The average molecular weight is 293 g/mol. The first-order chi connectivity index (χ1) is 10.1. The van der Waals surface area contributed by atoms with Gasteiger partial charge >= 0.3 is 5.97 Å². The van der Waals surface area contributed by atoms with Crippen LogP contribution in [0.4, 0.5) is 0 Å². The van der Waals surface area contributed by atoms with Crippen LogP contribution < -0.4 is 14.8 Å². The summed E-state index contributed by atoms with van der Waals surface area (Å²) >= 11 is 0. The lowest BCUT2D eigenvalue weighted by Crippen LogP contribution is -2.37. The number of benzene rings is 1. The van der Waals surface area contributed by atoms with Gasteiger partial charge in [-0.15, -0.1) is 6.58 Å². The van der Waals surface area contributed by atoms with Crippen LogP contribution in [0.3, 0.4) is 0 Å². The molecule has 114 valence electrons. The number of carbonyl (C=O) groups is 1. The summed E-state index contributed by atoms with van der Waals surface area (Å²) in [5.74, 6) is 0.217. The third-order valence-electron chi connectivity index (χ3n) is 3.21. The summed E-state index contributed by atoms with van der Waals surface area (Å²) in [5, 5.41) is 22.3. The lowest BCUT2D eigenvalue weighted by molar-refractivity contribution is -0.138. The first-order valence-corrected chi connectivity index (χ1v) is 6.75. The van der Waals surface area contributed by atoms with Crippen LogP contribution in [0.1, 0.15) is 18.1 Å². The molecule has 0 fully saturated rings. The van der Waals surface area contributed by atoms with E-state index in [2.05, 4.69) is 11.9 Å². The number of aliphatic hydroxyl groups is 1. The molecule has 1 aromatic carbocycles. The number of hydrogen-bond donors (Lipinski definition) is 3. The van der Waals surface area contributed by atoms with E-state index < -0.39 is 18.1 Å². The number of rotatable bonds is 7. The van der Waals surface area contributed by atoms with E-state index in [1.54, 1.807) is 24.3 Å². The second-order valence-corrected chi connectivity index (χ2v) is 4.75. The van der Waals surface area contributed by atoms with Gasteiger partial charge in [-0.1, -0.05) is 12.1 Å². The van der Waals surface area contributed by atoms with Crippen LogP contribution >= 0.6 is 0 Å². The highest BCUT2D eigenvalue weighted by Crippen LogP contribution is 2.33. The van der Waals surface area contributed by atoms with Crippen LogP contribution in [0, 0.1) is 0 Å². The van der Waals surface area contributed by atoms with E-state index in [1.165, 1.54) is 0 Å². The van der Waals surface area contributed by atoms with Gasteiger partial charge in [0.2, 0.25) is 0 Å². The lowest BCUT2D eigenvalue weighted by Gasteiger charge is -2.24. The van der Waals surface area contributed by atoms with Gasteiger partial charge in [-0.3, -0.25) is 4.79 Å². The Labute approximate surface area is 123 Å². The predicted octanol–water partition coefficient (Wildman–Crippen LogP) is 1.11. The summed E-state index contributed by atoms with van der Waals surface area (Å²) in [6.07, 6.45) is 0.464. The van der Waals surface area contributed by atoms with Crippen molar-refractivity contribution < 1.29 is 24.5 Å². The van der Waals surface area contributed by atoms with Crippen LogP contribution in [0.25, 0.3) is 0 Å². The van der Waals surface area contributed by atoms with E-state index in [9.17, 15) is 9.90 Å².